The van der Waals surface area contributed by atoms with Gasteiger partial charge in [-0.1, -0.05) is 24.3 Å². The normalized spacial score (nSPS) is 10.8. The average Bonchev–Trinajstić information content (AvgIpc) is 2.47. The molecule has 0 spiro atoms. The summed E-state index contributed by atoms with van der Waals surface area (Å²) in [6.45, 7) is 2.78. The van der Waals surface area contributed by atoms with E-state index in [9.17, 15) is 19.8 Å². The first kappa shape index (κ1) is 15.5. The van der Waals surface area contributed by atoms with Gasteiger partial charge in [-0.25, -0.2) is 0 Å². The van der Waals surface area contributed by atoms with Crippen molar-refractivity contribution in [3.05, 3.63) is 58.7 Å². The van der Waals surface area contributed by atoms with Crippen LogP contribution in [-0.2, 0) is 0 Å². The number of carbonyl (C=O) groups excluding carboxylic acids is 2. The molecule has 0 atom stereocenters. The van der Waals surface area contributed by atoms with Crippen LogP contribution in [0.4, 0.5) is 0 Å². The summed E-state index contributed by atoms with van der Waals surface area (Å²) in [4.78, 5) is 22.8. The van der Waals surface area contributed by atoms with Gasteiger partial charge in [-0.3, -0.25) is 9.59 Å². The molecule has 0 unspecified atom stereocenters. The lowest BCUT2D eigenvalue weighted by atomic mass is 10.0. The maximum atomic E-state index is 11.4. The van der Waals surface area contributed by atoms with Crippen molar-refractivity contribution in [1.82, 2.24) is 0 Å². The molecule has 0 heterocycles. The van der Waals surface area contributed by atoms with Crippen LogP contribution in [0.5, 0.6) is 11.5 Å². The Balaban J connectivity index is 2.33. The van der Waals surface area contributed by atoms with Gasteiger partial charge in [0.25, 0.3) is 0 Å². The van der Waals surface area contributed by atoms with Gasteiger partial charge in [-0.05, 0) is 49.2 Å². The third-order valence-electron chi connectivity index (χ3n) is 3.27. The lowest BCUT2D eigenvalue weighted by Gasteiger charge is -2.03. The summed E-state index contributed by atoms with van der Waals surface area (Å²) in [7, 11) is 0. The zero-order valence-corrected chi connectivity index (χ0v) is 12.3. The third kappa shape index (κ3) is 3.41. The molecule has 0 aromatic heterocycles. The lowest BCUT2D eigenvalue weighted by molar-refractivity contribution is 0.100. The number of Topliss-reactive ketones (excluding diaryl/α,β-unsaturated/α-hetero) is 2. The van der Waals surface area contributed by atoms with Crippen molar-refractivity contribution in [3.63, 3.8) is 0 Å². The highest BCUT2D eigenvalue weighted by atomic mass is 16.3. The summed E-state index contributed by atoms with van der Waals surface area (Å²) in [5, 5.41) is 19.2. The van der Waals surface area contributed by atoms with Crippen LogP contribution in [0.2, 0.25) is 0 Å². The second kappa shape index (κ2) is 6.26. The highest BCUT2D eigenvalue weighted by Gasteiger charge is 2.07. The predicted molar refractivity (Wildman–Crippen MR) is 85.2 cm³/mol. The molecule has 0 aliphatic heterocycles. The van der Waals surface area contributed by atoms with Crippen molar-refractivity contribution in [1.29, 1.82) is 0 Å². The average molecular weight is 296 g/mol. The molecule has 0 bridgehead atoms. The van der Waals surface area contributed by atoms with Crippen LogP contribution in [0.15, 0.2) is 36.4 Å². The van der Waals surface area contributed by atoms with Crippen LogP contribution in [0, 0.1) is 0 Å². The summed E-state index contributed by atoms with van der Waals surface area (Å²) in [5.74, 6) is -0.520. The quantitative estimate of drug-likeness (QED) is 0.666. The van der Waals surface area contributed by atoms with Gasteiger partial charge in [-0.2, -0.15) is 0 Å². The van der Waals surface area contributed by atoms with Crippen LogP contribution >= 0.6 is 0 Å². The Morgan fingerprint density at radius 1 is 0.773 bits per heavy atom. The molecule has 22 heavy (non-hydrogen) atoms. The molecule has 0 amide bonds. The Hall–Kier alpha value is -2.88. The Kier molecular flexibility index (Phi) is 4.41. The van der Waals surface area contributed by atoms with Crippen molar-refractivity contribution in [2.24, 2.45) is 0 Å². The van der Waals surface area contributed by atoms with E-state index in [0.717, 1.165) is 11.1 Å². The van der Waals surface area contributed by atoms with Gasteiger partial charge in [0.1, 0.15) is 11.5 Å². The van der Waals surface area contributed by atoms with E-state index in [0.29, 0.717) is 0 Å². The first-order valence-corrected chi connectivity index (χ1v) is 6.74. The Bertz CT molecular complexity index is 707. The van der Waals surface area contributed by atoms with E-state index in [1.165, 1.54) is 26.0 Å². The van der Waals surface area contributed by atoms with Gasteiger partial charge in [0, 0.05) is 0 Å². The predicted octanol–water partition coefficient (Wildman–Crippen LogP) is 3.67. The number of phenolic OH excluding ortho intramolecular Hbond substituents is 2. The molecule has 2 N–H and O–H groups in total. The summed E-state index contributed by atoms with van der Waals surface area (Å²) >= 11 is 0. The monoisotopic (exact) mass is 296 g/mol. The van der Waals surface area contributed by atoms with Gasteiger partial charge < -0.3 is 10.2 Å². The fraction of sp³-hybridized carbons (Fsp3) is 0.111. The van der Waals surface area contributed by atoms with Crippen molar-refractivity contribution < 1.29 is 19.8 Å². The minimum atomic E-state index is -0.212. The van der Waals surface area contributed by atoms with Crippen LogP contribution < -0.4 is 0 Å². The van der Waals surface area contributed by atoms with Crippen LogP contribution in [0.3, 0.4) is 0 Å². The summed E-state index contributed by atoms with van der Waals surface area (Å²) in [6, 6.07) is 9.50. The minimum absolute atomic E-state index is 0.0480. The van der Waals surface area contributed by atoms with Gasteiger partial charge in [0.15, 0.2) is 11.6 Å². The van der Waals surface area contributed by atoms with E-state index >= 15 is 0 Å². The molecule has 0 radical (unpaired) electrons. The van der Waals surface area contributed by atoms with E-state index in [2.05, 4.69) is 0 Å². The van der Waals surface area contributed by atoms with Gasteiger partial charge in [-0.15, -0.1) is 0 Å². The van der Waals surface area contributed by atoms with Crippen molar-refractivity contribution >= 4 is 23.7 Å². The van der Waals surface area contributed by atoms with Gasteiger partial charge in [0.2, 0.25) is 0 Å². The Morgan fingerprint density at radius 2 is 1.14 bits per heavy atom. The number of aromatic hydroxyl groups is 2. The Labute approximate surface area is 128 Å². The molecular formula is C18H16O4. The molecular weight excluding hydrogens is 280 g/mol. The minimum Gasteiger partial charge on any atom is -0.507 e. The number of benzene rings is 2. The molecule has 2 aromatic carbocycles. The SMILES string of the molecule is CC(=O)c1cc(/C=C/c2ccc(O)c(C(C)=O)c2)ccc1O. The van der Waals surface area contributed by atoms with Crippen molar-refractivity contribution in [2.75, 3.05) is 0 Å². The number of carbonyl (C=O) groups is 2. The van der Waals surface area contributed by atoms with Crippen molar-refractivity contribution in [2.45, 2.75) is 13.8 Å². The molecule has 4 nitrogen and oxygen atoms in total. The number of hydrogen-bond acceptors (Lipinski definition) is 4. The summed E-state index contributed by atoms with van der Waals surface area (Å²) < 4.78 is 0. The third-order valence-corrected chi connectivity index (χ3v) is 3.27. The van der Waals surface area contributed by atoms with E-state index < -0.39 is 0 Å². The summed E-state index contributed by atoms with van der Waals surface area (Å²) in [6.07, 6.45) is 3.53. The number of hydrogen-bond donors (Lipinski definition) is 2. The van der Waals surface area contributed by atoms with Crippen LogP contribution in [-0.4, -0.2) is 21.8 Å². The Morgan fingerprint density at radius 3 is 1.45 bits per heavy atom. The van der Waals surface area contributed by atoms with E-state index in [4.69, 9.17) is 0 Å². The van der Waals surface area contributed by atoms with Crippen molar-refractivity contribution in [3.8, 4) is 11.5 Å². The second-order valence-electron chi connectivity index (χ2n) is 5.00. The zero-order valence-electron chi connectivity index (χ0n) is 12.3. The number of ketones is 2. The molecule has 4 heteroatoms. The standard InChI is InChI=1S/C18H16O4/c1-11(19)15-9-13(5-7-17(15)21)3-4-14-6-8-18(22)16(10-14)12(2)20/h3-10,21-22H,1-2H3/b4-3+. The molecule has 0 aliphatic carbocycles. The number of phenols is 2. The zero-order chi connectivity index (χ0) is 16.3. The maximum absolute atomic E-state index is 11.4. The highest BCUT2D eigenvalue weighted by molar-refractivity contribution is 5.98. The largest absolute Gasteiger partial charge is 0.507 e. The second-order valence-corrected chi connectivity index (χ2v) is 5.00. The molecule has 112 valence electrons. The molecule has 0 saturated carbocycles. The molecule has 0 aliphatic rings. The first-order valence-electron chi connectivity index (χ1n) is 6.74. The topological polar surface area (TPSA) is 74.6 Å². The first-order chi connectivity index (χ1) is 10.4. The van der Waals surface area contributed by atoms with E-state index in [-0.39, 0.29) is 34.2 Å². The summed E-state index contributed by atoms with van der Waals surface area (Å²) in [5.41, 5.74) is 2.02. The lowest BCUT2D eigenvalue weighted by Crippen LogP contribution is -1.93. The number of rotatable bonds is 4. The highest BCUT2D eigenvalue weighted by Crippen LogP contribution is 2.22. The van der Waals surface area contributed by atoms with Crippen LogP contribution in [0.25, 0.3) is 12.2 Å². The van der Waals surface area contributed by atoms with Gasteiger partial charge >= 0.3 is 0 Å². The van der Waals surface area contributed by atoms with E-state index in [1.807, 2.05) is 0 Å². The van der Waals surface area contributed by atoms with Gasteiger partial charge in [0.05, 0.1) is 11.1 Å². The smallest absolute Gasteiger partial charge is 0.163 e. The molecule has 2 aromatic rings. The molecule has 0 saturated heterocycles. The molecule has 2 rings (SSSR count). The van der Waals surface area contributed by atoms with E-state index in [1.54, 1.807) is 36.4 Å². The molecule has 0 fully saturated rings. The fourth-order valence-corrected chi connectivity index (χ4v) is 2.07. The fourth-order valence-electron chi connectivity index (χ4n) is 2.07. The van der Waals surface area contributed by atoms with Crippen LogP contribution in [0.1, 0.15) is 45.7 Å². The maximum Gasteiger partial charge on any atom is 0.163 e.